The van der Waals surface area contributed by atoms with E-state index >= 15 is 0 Å². The fourth-order valence-electron chi connectivity index (χ4n) is 3.52. The second kappa shape index (κ2) is 9.93. The van der Waals surface area contributed by atoms with Crippen molar-refractivity contribution in [3.8, 4) is 5.75 Å². The molecule has 0 bridgehead atoms. The number of hydrogen-bond acceptors (Lipinski definition) is 4. The fourth-order valence-corrected chi connectivity index (χ4v) is 3.52. The third kappa shape index (κ3) is 6.22. The molecule has 1 aliphatic rings. The molecule has 0 aromatic heterocycles. The number of primary amides is 1. The number of carbonyl (C=O) groups is 2. The maximum Gasteiger partial charge on any atom is 0.316 e. The minimum absolute atomic E-state index is 0.101. The molecule has 0 saturated carbocycles. The first-order valence-electron chi connectivity index (χ1n) is 9.83. The van der Waals surface area contributed by atoms with Crippen molar-refractivity contribution in [3.63, 3.8) is 0 Å². The summed E-state index contributed by atoms with van der Waals surface area (Å²) in [5, 5.41) is 5.50. The second-order valence-corrected chi connectivity index (χ2v) is 7.34. The summed E-state index contributed by atoms with van der Waals surface area (Å²) in [4.78, 5) is 25.6. The molecule has 1 aliphatic heterocycles. The lowest BCUT2D eigenvalue weighted by molar-refractivity contribution is 0.0935. The molecule has 2 aromatic carbocycles. The highest BCUT2D eigenvalue weighted by Gasteiger charge is 2.20. The number of nitrogens with two attached hydrogens (primary N) is 1. The predicted molar refractivity (Wildman–Crippen MR) is 113 cm³/mol. The van der Waals surface area contributed by atoms with E-state index in [2.05, 4.69) is 27.7 Å². The van der Waals surface area contributed by atoms with Crippen LogP contribution in [0.1, 0.15) is 28.8 Å². The maximum atomic E-state index is 12.3. The summed E-state index contributed by atoms with van der Waals surface area (Å²) in [6, 6.07) is 14.3. The van der Waals surface area contributed by atoms with E-state index in [9.17, 15) is 9.59 Å². The van der Waals surface area contributed by atoms with Crippen molar-refractivity contribution in [2.24, 2.45) is 11.7 Å². The topological polar surface area (TPSA) is 96.7 Å². The monoisotopic (exact) mass is 396 g/mol. The van der Waals surface area contributed by atoms with Crippen LogP contribution in [0.3, 0.4) is 0 Å². The molecule has 7 heteroatoms. The lowest BCUT2D eigenvalue weighted by Crippen LogP contribution is -2.38. The summed E-state index contributed by atoms with van der Waals surface area (Å²) >= 11 is 0. The number of ether oxygens (including phenoxy) is 1. The Morgan fingerprint density at radius 3 is 2.31 bits per heavy atom. The van der Waals surface area contributed by atoms with Crippen LogP contribution < -0.4 is 21.1 Å². The molecule has 2 aromatic rings. The molecule has 1 heterocycles. The third-order valence-electron chi connectivity index (χ3n) is 5.24. The first-order valence-corrected chi connectivity index (χ1v) is 9.83. The summed E-state index contributed by atoms with van der Waals surface area (Å²) in [5.74, 6) is 1.26. The number of carbonyl (C=O) groups excluding carboxylic acids is 2. The zero-order valence-corrected chi connectivity index (χ0v) is 16.7. The number of benzene rings is 2. The van der Waals surface area contributed by atoms with Crippen LogP contribution in [-0.4, -0.2) is 43.6 Å². The lowest BCUT2D eigenvalue weighted by atomic mass is 9.96. The van der Waals surface area contributed by atoms with Gasteiger partial charge in [-0.2, -0.15) is 0 Å². The maximum absolute atomic E-state index is 12.3. The van der Waals surface area contributed by atoms with Crippen molar-refractivity contribution in [2.45, 2.75) is 19.4 Å². The average molecular weight is 396 g/mol. The van der Waals surface area contributed by atoms with E-state index in [1.54, 1.807) is 31.4 Å². The largest absolute Gasteiger partial charge is 0.497 e. The van der Waals surface area contributed by atoms with Gasteiger partial charge in [0, 0.05) is 24.3 Å². The normalized spacial score (nSPS) is 14.9. The van der Waals surface area contributed by atoms with Crippen LogP contribution in [0.15, 0.2) is 48.5 Å². The first kappa shape index (κ1) is 20.7. The van der Waals surface area contributed by atoms with Crippen LogP contribution in [0.4, 0.5) is 10.5 Å². The van der Waals surface area contributed by atoms with Crippen molar-refractivity contribution >= 4 is 17.6 Å². The highest BCUT2D eigenvalue weighted by Crippen LogP contribution is 2.20. The van der Waals surface area contributed by atoms with Crippen molar-refractivity contribution in [3.05, 3.63) is 59.7 Å². The Labute approximate surface area is 171 Å². The smallest absolute Gasteiger partial charge is 0.316 e. The van der Waals surface area contributed by atoms with Crippen LogP contribution >= 0.6 is 0 Å². The molecule has 0 atom stereocenters. The molecule has 0 spiro atoms. The van der Waals surface area contributed by atoms with Gasteiger partial charge >= 0.3 is 6.03 Å². The second-order valence-electron chi connectivity index (χ2n) is 7.34. The molecule has 3 amide bonds. The number of urea groups is 1. The lowest BCUT2D eigenvalue weighted by Gasteiger charge is -2.32. The minimum atomic E-state index is -0.625. The SMILES string of the molecule is COc1ccc(CN2CCC(CNC(=O)c3ccc(NC(N)=O)cc3)CC2)cc1. The number of hydrogen-bond donors (Lipinski definition) is 3. The third-order valence-corrected chi connectivity index (χ3v) is 5.24. The summed E-state index contributed by atoms with van der Waals surface area (Å²) in [7, 11) is 1.68. The van der Waals surface area contributed by atoms with Gasteiger partial charge in [-0.05, 0) is 73.8 Å². The van der Waals surface area contributed by atoms with Crippen molar-refractivity contribution < 1.29 is 14.3 Å². The Morgan fingerprint density at radius 1 is 1.07 bits per heavy atom. The van der Waals surface area contributed by atoms with Gasteiger partial charge in [0.15, 0.2) is 0 Å². The Kier molecular flexibility index (Phi) is 7.08. The number of piperidine rings is 1. The Morgan fingerprint density at radius 2 is 1.72 bits per heavy atom. The van der Waals surface area contributed by atoms with Crippen LogP contribution in [0, 0.1) is 5.92 Å². The molecule has 1 saturated heterocycles. The van der Waals surface area contributed by atoms with Gasteiger partial charge in [-0.25, -0.2) is 4.79 Å². The van der Waals surface area contributed by atoms with Crippen molar-refractivity contribution in [2.75, 3.05) is 32.1 Å². The number of anilines is 1. The van der Waals surface area contributed by atoms with E-state index < -0.39 is 6.03 Å². The van der Waals surface area contributed by atoms with Gasteiger partial charge in [0.2, 0.25) is 0 Å². The van der Waals surface area contributed by atoms with Gasteiger partial charge < -0.3 is 21.1 Å². The molecule has 0 radical (unpaired) electrons. The number of amides is 3. The number of nitrogens with zero attached hydrogens (tertiary/aromatic N) is 1. The van der Waals surface area contributed by atoms with Crippen LogP contribution in [0.5, 0.6) is 5.75 Å². The molecule has 154 valence electrons. The van der Waals surface area contributed by atoms with Crippen molar-refractivity contribution in [1.82, 2.24) is 10.2 Å². The van der Waals surface area contributed by atoms with Gasteiger partial charge in [0.1, 0.15) is 5.75 Å². The van der Waals surface area contributed by atoms with E-state index in [4.69, 9.17) is 10.5 Å². The van der Waals surface area contributed by atoms with Crippen molar-refractivity contribution in [1.29, 1.82) is 0 Å². The van der Waals surface area contributed by atoms with E-state index in [-0.39, 0.29) is 5.91 Å². The molecule has 29 heavy (non-hydrogen) atoms. The summed E-state index contributed by atoms with van der Waals surface area (Å²) in [6.45, 7) is 3.67. The number of likely N-dealkylation sites (tertiary alicyclic amines) is 1. The minimum Gasteiger partial charge on any atom is -0.497 e. The van der Waals surface area contributed by atoms with Gasteiger partial charge in [-0.15, -0.1) is 0 Å². The van der Waals surface area contributed by atoms with Gasteiger partial charge in [-0.3, -0.25) is 9.69 Å². The first-order chi connectivity index (χ1) is 14.0. The molecule has 0 aliphatic carbocycles. The van der Waals surface area contributed by atoms with Gasteiger partial charge in [0.25, 0.3) is 5.91 Å². The quantitative estimate of drug-likeness (QED) is 0.670. The zero-order valence-electron chi connectivity index (χ0n) is 16.7. The zero-order chi connectivity index (χ0) is 20.6. The number of rotatable bonds is 7. The summed E-state index contributed by atoms with van der Waals surface area (Å²) in [6.07, 6.45) is 2.13. The van der Waals surface area contributed by atoms with E-state index in [1.807, 2.05) is 12.1 Å². The molecule has 0 unspecified atom stereocenters. The van der Waals surface area contributed by atoms with Gasteiger partial charge in [-0.1, -0.05) is 12.1 Å². The van der Waals surface area contributed by atoms with E-state index in [0.29, 0.717) is 23.7 Å². The van der Waals surface area contributed by atoms with Crippen LogP contribution in [-0.2, 0) is 6.54 Å². The van der Waals surface area contributed by atoms with Gasteiger partial charge in [0.05, 0.1) is 7.11 Å². The molecular weight excluding hydrogens is 368 g/mol. The summed E-state index contributed by atoms with van der Waals surface area (Å²) in [5.41, 5.74) is 7.50. The molecule has 3 rings (SSSR count). The Balaban J connectivity index is 1.40. The molecule has 1 fully saturated rings. The van der Waals surface area contributed by atoms with Crippen LogP contribution in [0.2, 0.25) is 0 Å². The molecule has 4 N–H and O–H groups in total. The molecular formula is C22H28N4O3. The number of nitrogens with one attached hydrogen (secondary N) is 2. The Bertz CT molecular complexity index is 813. The Hall–Kier alpha value is -3.06. The average Bonchev–Trinajstić information content (AvgIpc) is 2.74. The highest BCUT2D eigenvalue weighted by atomic mass is 16.5. The highest BCUT2D eigenvalue weighted by molar-refractivity contribution is 5.95. The number of methoxy groups -OCH3 is 1. The fraction of sp³-hybridized carbons (Fsp3) is 0.364. The summed E-state index contributed by atoms with van der Waals surface area (Å²) < 4.78 is 5.20. The van der Waals surface area contributed by atoms with E-state index in [1.165, 1.54) is 5.56 Å². The standard InChI is InChI=1S/C22H28N4O3/c1-29-20-8-2-17(3-9-20)15-26-12-10-16(11-13-26)14-24-21(27)18-4-6-19(7-5-18)25-22(23)28/h2-9,16H,10-15H2,1H3,(H,24,27)(H3,23,25,28). The van der Waals surface area contributed by atoms with E-state index in [0.717, 1.165) is 38.2 Å². The predicted octanol–water partition coefficient (Wildman–Crippen LogP) is 2.83. The van der Waals surface area contributed by atoms with Crippen LogP contribution in [0.25, 0.3) is 0 Å². The molecule has 7 nitrogen and oxygen atoms in total.